The van der Waals surface area contributed by atoms with Crippen molar-refractivity contribution in [1.82, 2.24) is 10.1 Å². The number of aliphatic hydroxyl groups is 1. The van der Waals surface area contributed by atoms with E-state index >= 15 is 0 Å². The van der Waals surface area contributed by atoms with Crippen molar-refractivity contribution in [3.05, 3.63) is 47.1 Å². The molecule has 20 heavy (non-hydrogen) atoms. The minimum Gasteiger partial charge on any atom is -0.392 e. The van der Waals surface area contributed by atoms with Crippen molar-refractivity contribution >= 4 is 0 Å². The minimum atomic E-state index is -0.640. The lowest BCUT2D eigenvalue weighted by atomic mass is 10.0. The van der Waals surface area contributed by atoms with E-state index in [1.54, 1.807) is 0 Å². The molecule has 0 fully saturated rings. The number of aromatic nitrogens is 2. The molecule has 1 N–H and O–H groups in total. The summed E-state index contributed by atoms with van der Waals surface area (Å²) in [6.45, 7) is 3.77. The Morgan fingerprint density at radius 1 is 1.30 bits per heavy atom. The SMILES string of the molecule is CC(C)C(O)Cc1nc(Cc2ccc(F)cc2F)no1. The van der Waals surface area contributed by atoms with E-state index < -0.39 is 17.7 Å². The Bertz CT molecular complexity index is 584. The molecule has 0 radical (unpaired) electrons. The maximum absolute atomic E-state index is 13.5. The van der Waals surface area contributed by atoms with Gasteiger partial charge in [-0.1, -0.05) is 25.1 Å². The van der Waals surface area contributed by atoms with Crippen LogP contribution >= 0.6 is 0 Å². The fourth-order valence-corrected chi connectivity index (χ4v) is 1.69. The van der Waals surface area contributed by atoms with Crippen molar-refractivity contribution in [2.45, 2.75) is 32.8 Å². The molecule has 0 saturated carbocycles. The summed E-state index contributed by atoms with van der Waals surface area (Å²) in [7, 11) is 0. The minimum absolute atomic E-state index is 0.0832. The van der Waals surface area contributed by atoms with Gasteiger partial charge in [0.25, 0.3) is 0 Å². The summed E-state index contributed by atoms with van der Waals surface area (Å²) in [4.78, 5) is 4.09. The summed E-state index contributed by atoms with van der Waals surface area (Å²) < 4.78 is 31.3. The number of benzene rings is 1. The van der Waals surface area contributed by atoms with E-state index in [0.29, 0.717) is 17.3 Å². The third-order valence-corrected chi connectivity index (χ3v) is 3.03. The van der Waals surface area contributed by atoms with Gasteiger partial charge < -0.3 is 9.63 Å². The molecule has 2 aromatic rings. The molecule has 0 aliphatic heterocycles. The van der Waals surface area contributed by atoms with Gasteiger partial charge in [0.2, 0.25) is 5.89 Å². The van der Waals surface area contributed by atoms with Crippen molar-refractivity contribution in [2.75, 3.05) is 0 Å². The predicted octanol–water partition coefficient (Wildman–Crippen LogP) is 2.50. The highest BCUT2D eigenvalue weighted by molar-refractivity contribution is 5.21. The summed E-state index contributed by atoms with van der Waals surface area (Å²) in [6, 6.07) is 3.35. The van der Waals surface area contributed by atoms with Gasteiger partial charge in [0.1, 0.15) is 11.6 Å². The first-order chi connectivity index (χ1) is 9.45. The monoisotopic (exact) mass is 282 g/mol. The fourth-order valence-electron chi connectivity index (χ4n) is 1.69. The maximum Gasteiger partial charge on any atom is 0.229 e. The Balaban J connectivity index is 2.06. The Morgan fingerprint density at radius 2 is 2.05 bits per heavy atom. The third-order valence-electron chi connectivity index (χ3n) is 3.03. The number of nitrogens with zero attached hydrogens (tertiary/aromatic N) is 2. The van der Waals surface area contributed by atoms with E-state index in [9.17, 15) is 13.9 Å². The Hall–Kier alpha value is -1.82. The van der Waals surface area contributed by atoms with Crippen molar-refractivity contribution in [3.8, 4) is 0 Å². The molecular formula is C14H16F2N2O2. The predicted molar refractivity (Wildman–Crippen MR) is 68.0 cm³/mol. The average molecular weight is 282 g/mol. The molecule has 1 unspecified atom stereocenters. The van der Waals surface area contributed by atoms with Gasteiger partial charge in [0, 0.05) is 12.5 Å². The smallest absolute Gasteiger partial charge is 0.229 e. The second-order valence-electron chi connectivity index (χ2n) is 5.03. The van der Waals surface area contributed by atoms with Gasteiger partial charge in [-0.05, 0) is 17.5 Å². The standard InChI is InChI=1S/C14H16F2N2O2/c1-8(2)12(19)7-14-17-13(18-20-14)5-9-3-4-10(15)6-11(9)16/h3-4,6,8,12,19H,5,7H2,1-2H3. The molecule has 1 aromatic heterocycles. The van der Waals surface area contributed by atoms with E-state index in [2.05, 4.69) is 10.1 Å². The molecule has 1 atom stereocenters. The zero-order chi connectivity index (χ0) is 14.7. The quantitative estimate of drug-likeness (QED) is 0.915. The summed E-state index contributed by atoms with van der Waals surface area (Å²) >= 11 is 0. The van der Waals surface area contributed by atoms with Crippen LogP contribution in [0.4, 0.5) is 8.78 Å². The molecular weight excluding hydrogens is 266 g/mol. The molecule has 6 heteroatoms. The molecule has 0 bridgehead atoms. The zero-order valence-electron chi connectivity index (χ0n) is 11.3. The average Bonchev–Trinajstić information content (AvgIpc) is 2.80. The van der Waals surface area contributed by atoms with Crippen LogP contribution in [0.2, 0.25) is 0 Å². The largest absolute Gasteiger partial charge is 0.392 e. The van der Waals surface area contributed by atoms with E-state index in [1.165, 1.54) is 12.1 Å². The van der Waals surface area contributed by atoms with Gasteiger partial charge in [-0.3, -0.25) is 0 Å². The summed E-state index contributed by atoms with van der Waals surface area (Å²) in [6.07, 6.45) is -0.185. The fraction of sp³-hybridized carbons (Fsp3) is 0.429. The van der Waals surface area contributed by atoms with E-state index in [0.717, 1.165) is 6.07 Å². The van der Waals surface area contributed by atoms with Gasteiger partial charge in [-0.2, -0.15) is 4.98 Å². The van der Waals surface area contributed by atoms with Crippen LogP contribution in [0, 0.1) is 17.6 Å². The molecule has 0 spiro atoms. The number of hydrogen-bond acceptors (Lipinski definition) is 4. The first kappa shape index (κ1) is 14.6. The van der Waals surface area contributed by atoms with Crippen molar-refractivity contribution in [2.24, 2.45) is 5.92 Å². The van der Waals surface area contributed by atoms with Gasteiger partial charge in [0.05, 0.1) is 12.5 Å². The van der Waals surface area contributed by atoms with Crippen molar-refractivity contribution in [3.63, 3.8) is 0 Å². The van der Waals surface area contributed by atoms with Crippen molar-refractivity contribution in [1.29, 1.82) is 0 Å². The van der Waals surface area contributed by atoms with Gasteiger partial charge in [0.15, 0.2) is 5.82 Å². The van der Waals surface area contributed by atoms with E-state index in [-0.39, 0.29) is 18.8 Å². The highest BCUT2D eigenvalue weighted by Gasteiger charge is 2.16. The van der Waals surface area contributed by atoms with Gasteiger partial charge in [-0.15, -0.1) is 0 Å². The first-order valence-corrected chi connectivity index (χ1v) is 6.39. The molecule has 2 rings (SSSR count). The number of aliphatic hydroxyl groups excluding tert-OH is 1. The number of rotatable bonds is 5. The van der Waals surface area contributed by atoms with Crippen LogP contribution in [0.5, 0.6) is 0 Å². The Morgan fingerprint density at radius 3 is 2.70 bits per heavy atom. The second kappa shape index (κ2) is 6.09. The topological polar surface area (TPSA) is 59.2 Å². The molecule has 0 aliphatic rings. The van der Waals surface area contributed by atoms with Crippen LogP contribution in [0.1, 0.15) is 31.1 Å². The Kier molecular flexibility index (Phi) is 4.44. The molecule has 0 saturated heterocycles. The first-order valence-electron chi connectivity index (χ1n) is 6.39. The molecule has 0 aliphatic carbocycles. The van der Waals surface area contributed by atoms with Crippen molar-refractivity contribution < 1.29 is 18.4 Å². The highest BCUT2D eigenvalue weighted by Crippen LogP contribution is 2.14. The summed E-state index contributed by atoms with van der Waals surface area (Å²) in [5, 5.41) is 13.5. The van der Waals surface area contributed by atoms with Crippen LogP contribution in [-0.4, -0.2) is 21.4 Å². The van der Waals surface area contributed by atoms with Crippen LogP contribution in [0.3, 0.4) is 0 Å². The Labute approximate surface area is 115 Å². The van der Waals surface area contributed by atoms with Crippen LogP contribution in [-0.2, 0) is 12.8 Å². The van der Waals surface area contributed by atoms with Gasteiger partial charge in [-0.25, -0.2) is 8.78 Å². The van der Waals surface area contributed by atoms with Crippen LogP contribution in [0.25, 0.3) is 0 Å². The molecule has 108 valence electrons. The lowest BCUT2D eigenvalue weighted by molar-refractivity contribution is 0.116. The zero-order valence-corrected chi connectivity index (χ0v) is 11.3. The maximum atomic E-state index is 13.5. The van der Waals surface area contributed by atoms with E-state index in [4.69, 9.17) is 4.52 Å². The summed E-state index contributed by atoms with van der Waals surface area (Å²) in [5.41, 5.74) is 0.295. The molecule has 1 aromatic carbocycles. The highest BCUT2D eigenvalue weighted by atomic mass is 19.1. The molecule has 0 amide bonds. The lowest BCUT2D eigenvalue weighted by Gasteiger charge is -2.10. The molecule has 1 heterocycles. The normalized spacial score (nSPS) is 12.9. The van der Waals surface area contributed by atoms with Crippen LogP contribution < -0.4 is 0 Å². The number of hydrogen-bond donors (Lipinski definition) is 1. The lowest BCUT2D eigenvalue weighted by Crippen LogP contribution is -2.17. The second-order valence-corrected chi connectivity index (χ2v) is 5.03. The third kappa shape index (κ3) is 3.60. The number of halogens is 2. The summed E-state index contributed by atoms with van der Waals surface area (Å²) in [5.74, 6) is -0.566. The van der Waals surface area contributed by atoms with E-state index in [1.807, 2.05) is 13.8 Å². The molecule has 4 nitrogen and oxygen atoms in total. The van der Waals surface area contributed by atoms with Gasteiger partial charge >= 0.3 is 0 Å². The van der Waals surface area contributed by atoms with Crippen LogP contribution in [0.15, 0.2) is 22.7 Å².